The summed E-state index contributed by atoms with van der Waals surface area (Å²) in [6.07, 6.45) is -3.99. The number of aliphatic hydroxyl groups excluding tert-OH is 3. The summed E-state index contributed by atoms with van der Waals surface area (Å²) in [7, 11) is -0.558. The predicted octanol–water partition coefficient (Wildman–Crippen LogP) is 0.907. The third-order valence-electron chi connectivity index (χ3n) is 5.48. The van der Waals surface area contributed by atoms with Gasteiger partial charge in [-0.1, -0.05) is 25.1 Å². The Morgan fingerprint density at radius 3 is 2.44 bits per heavy atom. The van der Waals surface area contributed by atoms with Crippen LogP contribution in [0.2, 0.25) is 0 Å². The van der Waals surface area contributed by atoms with Crippen molar-refractivity contribution < 1.29 is 28.5 Å². The molecule has 0 amide bonds. The number of nitrogens with one attached hydrogen (secondary N) is 1. The molecular formula is C22H27N3O6S. The fourth-order valence-corrected chi connectivity index (χ4v) is 4.75. The Morgan fingerprint density at radius 2 is 1.81 bits per heavy atom. The van der Waals surface area contributed by atoms with E-state index < -0.39 is 45.6 Å². The van der Waals surface area contributed by atoms with Crippen LogP contribution in [0.25, 0.3) is 16.8 Å². The molecule has 32 heavy (non-hydrogen) atoms. The minimum Gasteiger partial charge on any atom is -0.388 e. The summed E-state index contributed by atoms with van der Waals surface area (Å²) in [5, 5.41) is 41.8. The van der Waals surface area contributed by atoms with Crippen molar-refractivity contribution in [3.05, 3.63) is 46.9 Å². The number of sulfonamides is 1. The topological polar surface area (TPSA) is 143 Å². The van der Waals surface area contributed by atoms with Gasteiger partial charge in [0, 0.05) is 19.8 Å². The molecule has 5 atom stereocenters. The van der Waals surface area contributed by atoms with Crippen molar-refractivity contribution in [2.45, 2.75) is 44.0 Å². The number of rotatable bonds is 6. The van der Waals surface area contributed by atoms with Gasteiger partial charge in [-0.15, -0.1) is 0 Å². The van der Waals surface area contributed by atoms with Crippen LogP contribution >= 0.6 is 0 Å². The first-order chi connectivity index (χ1) is 15.1. The molecule has 1 fully saturated rings. The summed E-state index contributed by atoms with van der Waals surface area (Å²) in [5.41, 5.74) is 1.51. The van der Waals surface area contributed by atoms with E-state index in [1.54, 1.807) is 25.1 Å². The van der Waals surface area contributed by atoms with E-state index >= 15 is 0 Å². The second-order valence-corrected chi connectivity index (χ2v) is 9.59. The molecule has 0 radical (unpaired) electrons. The number of aliphatic hydroxyl groups is 3. The van der Waals surface area contributed by atoms with Crippen molar-refractivity contribution in [2.75, 3.05) is 19.0 Å². The number of hydrogen-bond acceptors (Lipinski definition) is 8. The molecule has 0 saturated carbocycles. The molecule has 0 aliphatic carbocycles. The fourth-order valence-electron chi connectivity index (χ4n) is 3.59. The predicted molar refractivity (Wildman–Crippen MR) is 121 cm³/mol. The van der Waals surface area contributed by atoms with E-state index in [1.165, 1.54) is 6.08 Å². The van der Waals surface area contributed by atoms with Gasteiger partial charge in [-0.25, -0.2) is 8.42 Å². The number of allylic oxidation sites excluding steroid dienone is 1. The number of nitrogens with zero attached hydrogens (tertiary/aromatic N) is 2. The Balaban J connectivity index is 1.88. The van der Waals surface area contributed by atoms with Gasteiger partial charge in [0.15, 0.2) is 11.2 Å². The van der Waals surface area contributed by atoms with Crippen LogP contribution in [0.3, 0.4) is 0 Å². The molecule has 1 aliphatic heterocycles. The molecule has 2 aromatic rings. The summed E-state index contributed by atoms with van der Waals surface area (Å²) in [6, 6.07) is 11.2. The minimum absolute atomic E-state index is 0.316. The molecule has 172 valence electrons. The van der Waals surface area contributed by atoms with Gasteiger partial charge in [-0.2, -0.15) is 9.98 Å². The Bertz CT molecular complexity index is 1160. The quantitative estimate of drug-likeness (QED) is 0.465. The zero-order valence-corrected chi connectivity index (χ0v) is 18.8. The summed E-state index contributed by atoms with van der Waals surface area (Å²) < 4.78 is 32.9. The third-order valence-corrected chi connectivity index (χ3v) is 6.85. The lowest BCUT2D eigenvalue weighted by molar-refractivity contribution is -0.244. The van der Waals surface area contributed by atoms with Crippen LogP contribution in [0.1, 0.15) is 18.9 Å². The number of ether oxygens (including phenoxy) is 1. The van der Waals surface area contributed by atoms with Gasteiger partial charge in [-0.3, -0.25) is 0 Å². The van der Waals surface area contributed by atoms with Gasteiger partial charge < -0.3 is 25.0 Å². The number of fused-ring (bicyclic) bond motifs is 1. The first-order valence-electron chi connectivity index (χ1n) is 10.1. The zero-order valence-electron chi connectivity index (χ0n) is 18.0. The van der Waals surface area contributed by atoms with Crippen LogP contribution in [-0.4, -0.2) is 68.5 Å². The summed E-state index contributed by atoms with van der Waals surface area (Å²) in [4.78, 5) is 1.37. The van der Waals surface area contributed by atoms with Gasteiger partial charge in [0.2, 0.25) is 0 Å². The van der Waals surface area contributed by atoms with Crippen LogP contribution in [0.4, 0.5) is 5.69 Å². The molecule has 1 unspecified atom stereocenters. The van der Waals surface area contributed by atoms with Crippen molar-refractivity contribution in [3.63, 3.8) is 0 Å². The zero-order chi connectivity index (χ0) is 23.6. The molecule has 0 bridgehead atoms. The number of hydrogen-bond donors (Lipinski definition) is 4. The average Bonchev–Trinajstić information content (AvgIpc) is 2.76. The molecule has 1 heterocycles. The Labute approximate surface area is 187 Å². The molecular weight excluding hydrogens is 434 g/mol. The van der Waals surface area contributed by atoms with Crippen molar-refractivity contribution >= 4 is 32.6 Å². The Kier molecular flexibility index (Phi) is 7.19. The molecule has 1 aliphatic rings. The van der Waals surface area contributed by atoms with Crippen LogP contribution < -0.4 is 9.62 Å². The van der Waals surface area contributed by atoms with E-state index in [0.717, 1.165) is 16.5 Å². The van der Waals surface area contributed by atoms with Gasteiger partial charge in [0.25, 0.3) is 10.0 Å². The van der Waals surface area contributed by atoms with Gasteiger partial charge >= 0.3 is 0 Å². The molecule has 9 nitrogen and oxygen atoms in total. The largest absolute Gasteiger partial charge is 0.388 e. The monoisotopic (exact) mass is 461 g/mol. The maximum atomic E-state index is 12.8. The van der Waals surface area contributed by atoms with Crippen molar-refractivity contribution in [2.24, 2.45) is 0 Å². The lowest BCUT2D eigenvalue weighted by atomic mass is 9.96. The number of anilines is 1. The normalized spacial score (nSPS) is 26.7. The van der Waals surface area contributed by atoms with E-state index in [2.05, 4.69) is 4.72 Å². The highest BCUT2D eigenvalue weighted by Crippen LogP contribution is 2.25. The standard InChI is InChI=1S/C22H27N3O6S/c1-4-18-20(26)21(27)19(22(28)31-18)24-32(29,30)17(12-23)10-13-5-6-15-11-16(25(2)3)8-7-14(15)9-13/h5-11,18-22,24,26-28H,4H2,1-3H3/b17-10+/t18-,19-,20-,21-,22?/m1/s1. The third kappa shape index (κ3) is 4.94. The summed E-state index contributed by atoms with van der Waals surface area (Å²) >= 11 is 0. The SMILES string of the molecule is CC[C@H]1OC(O)[C@H](NS(=O)(=O)/C(C#N)=C/c2ccc3cc(N(C)C)ccc3c2)[C@@H](O)[C@@H]1O. The van der Waals surface area contributed by atoms with E-state index in [4.69, 9.17) is 4.74 Å². The van der Waals surface area contributed by atoms with Crippen LogP contribution in [0.5, 0.6) is 0 Å². The highest BCUT2D eigenvalue weighted by atomic mass is 32.2. The molecule has 1 saturated heterocycles. The van der Waals surface area contributed by atoms with Gasteiger partial charge in [0.05, 0.1) is 6.10 Å². The summed E-state index contributed by atoms with van der Waals surface area (Å²) in [5.74, 6) is 0. The highest BCUT2D eigenvalue weighted by Gasteiger charge is 2.45. The van der Waals surface area contributed by atoms with E-state index in [9.17, 15) is 29.0 Å². The lowest BCUT2D eigenvalue weighted by Crippen LogP contribution is -2.63. The van der Waals surface area contributed by atoms with Gasteiger partial charge in [-0.05, 0) is 47.0 Å². The maximum absolute atomic E-state index is 12.8. The highest BCUT2D eigenvalue weighted by molar-refractivity contribution is 7.93. The van der Waals surface area contributed by atoms with Crippen molar-refractivity contribution in [1.29, 1.82) is 5.26 Å². The van der Waals surface area contributed by atoms with Crippen molar-refractivity contribution in [3.8, 4) is 6.07 Å². The molecule has 0 spiro atoms. The van der Waals surface area contributed by atoms with E-state index in [-0.39, 0.29) is 0 Å². The smallest absolute Gasteiger partial charge is 0.251 e. The second-order valence-electron chi connectivity index (χ2n) is 7.91. The van der Waals surface area contributed by atoms with E-state index in [1.807, 2.05) is 43.3 Å². The Morgan fingerprint density at radius 1 is 1.16 bits per heavy atom. The molecule has 2 aromatic carbocycles. The molecule has 3 rings (SSSR count). The van der Waals surface area contributed by atoms with Crippen LogP contribution in [0, 0.1) is 11.3 Å². The second kappa shape index (κ2) is 9.54. The minimum atomic E-state index is -4.42. The number of nitriles is 1. The molecule has 4 N–H and O–H groups in total. The first-order valence-corrected chi connectivity index (χ1v) is 11.6. The first kappa shape index (κ1) is 24.1. The lowest BCUT2D eigenvalue weighted by Gasteiger charge is -2.40. The van der Waals surface area contributed by atoms with Crippen LogP contribution in [-0.2, 0) is 14.8 Å². The molecule has 10 heteroatoms. The maximum Gasteiger partial charge on any atom is 0.251 e. The fraction of sp³-hybridized carbons (Fsp3) is 0.409. The van der Waals surface area contributed by atoms with Gasteiger partial charge in [0.1, 0.15) is 24.3 Å². The Hall–Kier alpha value is -2.52. The van der Waals surface area contributed by atoms with Crippen molar-refractivity contribution in [1.82, 2.24) is 4.72 Å². The average molecular weight is 462 g/mol. The van der Waals surface area contributed by atoms with Crippen LogP contribution in [0.15, 0.2) is 41.3 Å². The molecule has 0 aromatic heterocycles. The number of benzene rings is 2. The summed E-state index contributed by atoms with van der Waals surface area (Å²) in [6.45, 7) is 1.69. The van der Waals surface area contributed by atoms with E-state index in [0.29, 0.717) is 12.0 Å².